The summed E-state index contributed by atoms with van der Waals surface area (Å²) >= 11 is 0. The Morgan fingerprint density at radius 3 is 2.13 bits per heavy atom. The molecule has 0 radical (unpaired) electrons. The number of carbonyl (C=O) groups excluding carboxylic acids is 1. The van der Waals surface area contributed by atoms with E-state index >= 15 is 0 Å². The molecule has 0 aliphatic carbocycles. The summed E-state index contributed by atoms with van der Waals surface area (Å²) in [5.41, 5.74) is 5.27. The molecule has 6 heteroatoms. The van der Waals surface area contributed by atoms with E-state index in [9.17, 15) is 13.2 Å². The number of sulfone groups is 1. The highest BCUT2D eigenvalue weighted by Gasteiger charge is 2.25. The Bertz CT molecular complexity index is 296. The summed E-state index contributed by atoms with van der Waals surface area (Å²) < 4.78 is 23.2. The van der Waals surface area contributed by atoms with Crippen molar-refractivity contribution in [2.75, 3.05) is 25.4 Å². The van der Waals surface area contributed by atoms with Gasteiger partial charge in [0.05, 0.1) is 5.25 Å². The highest BCUT2D eigenvalue weighted by Crippen LogP contribution is 2.02. The van der Waals surface area contributed by atoms with E-state index in [-0.39, 0.29) is 12.5 Å². The van der Waals surface area contributed by atoms with Crippen LogP contribution >= 0.6 is 0 Å². The van der Waals surface area contributed by atoms with Crippen molar-refractivity contribution in [2.24, 2.45) is 5.73 Å². The fourth-order valence-corrected chi connectivity index (χ4v) is 2.23. The molecule has 1 amide bonds. The zero-order valence-electron chi connectivity index (χ0n) is 9.56. The molecule has 0 aromatic heterocycles. The molecule has 0 bridgehead atoms. The van der Waals surface area contributed by atoms with Crippen molar-refractivity contribution in [1.82, 2.24) is 4.90 Å². The summed E-state index contributed by atoms with van der Waals surface area (Å²) in [4.78, 5) is 13.0. The van der Waals surface area contributed by atoms with Gasteiger partial charge in [0.1, 0.15) is 5.75 Å². The van der Waals surface area contributed by atoms with Crippen LogP contribution in [0.1, 0.15) is 20.8 Å². The van der Waals surface area contributed by atoms with Crippen LogP contribution in [0.4, 0.5) is 0 Å². The van der Waals surface area contributed by atoms with Crippen molar-refractivity contribution >= 4 is 15.7 Å². The largest absolute Gasteiger partial charge is 0.342 e. The van der Waals surface area contributed by atoms with Crippen molar-refractivity contribution in [3.05, 3.63) is 0 Å². The quantitative estimate of drug-likeness (QED) is 0.681. The second kappa shape index (κ2) is 6.07. The number of nitrogens with two attached hydrogens (primary N) is 1. The van der Waals surface area contributed by atoms with Crippen LogP contribution < -0.4 is 5.73 Å². The summed E-state index contributed by atoms with van der Waals surface area (Å²) in [5.74, 6) is -0.784. The van der Waals surface area contributed by atoms with Crippen molar-refractivity contribution in [3.8, 4) is 0 Å². The molecule has 0 heterocycles. The standard InChI is InChI=1S/C9H20N2O3S/c1-4-11(5-2)9(12)7-15(13,14)8(3)6-10/h8H,4-7,10H2,1-3H3. The van der Waals surface area contributed by atoms with Gasteiger partial charge in [-0.1, -0.05) is 0 Å². The SMILES string of the molecule is CCN(CC)C(=O)CS(=O)(=O)C(C)CN. The van der Waals surface area contributed by atoms with Gasteiger partial charge in [-0.2, -0.15) is 0 Å². The fourth-order valence-electron chi connectivity index (χ4n) is 1.13. The van der Waals surface area contributed by atoms with Crippen LogP contribution in [0.5, 0.6) is 0 Å². The lowest BCUT2D eigenvalue weighted by atomic mass is 10.5. The van der Waals surface area contributed by atoms with Gasteiger partial charge in [-0.15, -0.1) is 0 Å². The predicted molar refractivity (Wildman–Crippen MR) is 60.2 cm³/mol. The molecule has 1 atom stereocenters. The van der Waals surface area contributed by atoms with Crippen LogP contribution in [-0.4, -0.2) is 49.9 Å². The van der Waals surface area contributed by atoms with Gasteiger partial charge in [-0.3, -0.25) is 4.79 Å². The number of rotatable bonds is 6. The first-order valence-electron chi connectivity index (χ1n) is 5.08. The summed E-state index contributed by atoms with van der Waals surface area (Å²) in [5, 5.41) is -0.656. The van der Waals surface area contributed by atoms with Gasteiger partial charge in [-0.05, 0) is 20.8 Å². The smallest absolute Gasteiger partial charge is 0.237 e. The summed E-state index contributed by atoms with van der Waals surface area (Å²) in [6.07, 6.45) is 0. The topological polar surface area (TPSA) is 80.5 Å². The maximum Gasteiger partial charge on any atom is 0.237 e. The van der Waals surface area contributed by atoms with Gasteiger partial charge < -0.3 is 10.6 Å². The van der Waals surface area contributed by atoms with E-state index in [1.165, 1.54) is 11.8 Å². The highest BCUT2D eigenvalue weighted by molar-refractivity contribution is 7.92. The third-order valence-corrected chi connectivity index (χ3v) is 4.45. The molecular formula is C9H20N2O3S. The Morgan fingerprint density at radius 1 is 1.33 bits per heavy atom. The predicted octanol–water partition coefficient (Wildman–Crippen LogP) is -0.383. The second-order valence-electron chi connectivity index (χ2n) is 3.42. The van der Waals surface area contributed by atoms with Gasteiger partial charge in [0.25, 0.3) is 0 Å². The van der Waals surface area contributed by atoms with E-state index in [1.54, 1.807) is 0 Å². The average Bonchev–Trinajstić information content (AvgIpc) is 2.17. The average molecular weight is 236 g/mol. The number of nitrogens with zero attached hydrogens (tertiary/aromatic N) is 1. The van der Waals surface area contributed by atoms with E-state index in [0.29, 0.717) is 13.1 Å². The maximum atomic E-state index is 11.6. The first-order chi connectivity index (χ1) is 6.88. The molecule has 15 heavy (non-hydrogen) atoms. The third kappa shape index (κ3) is 4.17. The molecule has 5 nitrogen and oxygen atoms in total. The molecule has 0 aromatic rings. The number of hydrogen-bond acceptors (Lipinski definition) is 4. The molecular weight excluding hydrogens is 216 g/mol. The minimum atomic E-state index is -3.39. The van der Waals surface area contributed by atoms with E-state index in [2.05, 4.69) is 0 Å². The molecule has 90 valence electrons. The van der Waals surface area contributed by atoms with Crippen LogP contribution in [0.2, 0.25) is 0 Å². The van der Waals surface area contributed by atoms with Crippen LogP contribution in [0.25, 0.3) is 0 Å². The minimum absolute atomic E-state index is 0.0495. The lowest BCUT2D eigenvalue weighted by Crippen LogP contribution is -2.39. The molecule has 0 saturated carbocycles. The monoisotopic (exact) mass is 236 g/mol. The summed E-state index contributed by atoms with van der Waals surface area (Å²) in [6.45, 7) is 6.27. The Morgan fingerprint density at radius 2 is 1.80 bits per heavy atom. The van der Waals surface area contributed by atoms with Gasteiger partial charge in [0.2, 0.25) is 5.91 Å². The minimum Gasteiger partial charge on any atom is -0.342 e. The summed E-state index contributed by atoms with van der Waals surface area (Å²) in [7, 11) is -3.39. The third-order valence-electron chi connectivity index (χ3n) is 2.39. The molecule has 0 saturated heterocycles. The molecule has 0 rings (SSSR count). The number of amides is 1. The number of hydrogen-bond donors (Lipinski definition) is 1. The van der Waals surface area contributed by atoms with Crippen molar-refractivity contribution in [1.29, 1.82) is 0 Å². The van der Waals surface area contributed by atoms with Crippen LogP contribution in [-0.2, 0) is 14.6 Å². The zero-order valence-corrected chi connectivity index (χ0v) is 10.4. The first kappa shape index (κ1) is 14.4. The lowest BCUT2D eigenvalue weighted by Gasteiger charge is -2.19. The van der Waals surface area contributed by atoms with E-state index in [0.717, 1.165) is 0 Å². The van der Waals surface area contributed by atoms with E-state index in [1.807, 2.05) is 13.8 Å². The second-order valence-corrected chi connectivity index (χ2v) is 5.84. The van der Waals surface area contributed by atoms with Crippen LogP contribution in [0.15, 0.2) is 0 Å². The molecule has 0 aliphatic heterocycles. The zero-order chi connectivity index (χ0) is 12.1. The highest BCUT2D eigenvalue weighted by atomic mass is 32.2. The van der Waals surface area contributed by atoms with Crippen LogP contribution in [0, 0.1) is 0 Å². The van der Waals surface area contributed by atoms with Gasteiger partial charge in [0, 0.05) is 19.6 Å². The van der Waals surface area contributed by atoms with Crippen molar-refractivity contribution in [3.63, 3.8) is 0 Å². The number of carbonyl (C=O) groups is 1. The van der Waals surface area contributed by atoms with Crippen LogP contribution in [0.3, 0.4) is 0 Å². The molecule has 0 spiro atoms. The van der Waals surface area contributed by atoms with E-state index in [4.69, 9.17) is 5.73 Å². The molecule has 2 N–H and O–H groups in total. The molecule has 0 fully saturated rings. The van der Waals surface area contributed by atoms with Gasteiger partial charge in [-0.25, -0.2) is 8.42 Å². The van der Waals surface area contributed by atoms with E-state index < -0.39 is 20.8 Å². The lowest BCUT2D eigenvalue weighted by molar-refractivity contribution is -0.128. The molecule has 0 aliphatic rings. The Labute approximate surface area is 91.5 Å². The van der Waals surface area contributed by atoms with Crippen molar-refractivity contribution in [2.45, 2.75) is 26.0 Å². The van der Waals surface area contributed by atoms with Gasteiger partial charge >= 0.3 is 0 Å². The molecule has 1 unspecified atom stereocenters. The van der Waals surface area contributed by atoms with Crippen molar-refractivity contribution < 1.29 is 13.2 Å². The summed E-state index contributed by atoms with van der Waals surface area (Å²) in [6, 6.07) is 0. The maximum absolute atomic E-state index is 11.6. The molecule has 0 aromatic carbocycles. The first-order valence-corrected chi connectivity index (χ1v) is 6.79. The Kier molecular flexibility index (Phi) is 5.82. The fraction of sp³-hybridized carbons (Fsp3) is 0.889. The Balaban J connectivity index is 4.53. The Hall–Kier alpha value is -0.620. The normalized spacial score (nSPS) is 13.6. The van der Waals surface area contributed by atoms with Gasteiger partial charge in [0.15, 0.2) is 9.84 Å².